The van der Waals surface area contributed by atoms with Crippen LogP contribution in [0.25, 0.3) is 10.2 Å². The van der Waals surface area contributed by atoms with Crippen molar-refractivity contribution in [3.63, 3.8) is 0 Å². The molecule has 1 aliphatic rings. The van der Waals surface area contributed by atoms with Crippen LogP contribution >= 0.6 is 23.7 Å². The van der Waals surface area contributed by atoms with Crippen LogP contribution < -0.4 is 10.6 Å². The zero-order valence-corrected chi connectivity index (χ0v) is 13.9. The first-order valence-corrected chi connectivity index (χ1v) is 8.02. The number of benzene rings is 1. The van der Waals surface area contributed by atoms with Gasteiger partial charge in [-0.05, 0) is 12.1 Å². The van der Waals surface area contributed by atoms with Gasteiger partial charge in [0.1, 0.15) is 5.01 Å². The highest BCUT2D eigenvalue weighted by Crippen LogP contribution is 2.21. The van der Waals surface area contributed by atoms with E-state index in [1.165, 1.54) is 0 Å². The van der Waals surface area contributed by atoms with Crippen LogP contribution in [0.1, 0.15) is 26.8 Å². The second-order valence-corrected chi connectivity index (χ2v) is 6.33. The van der Waals surface area contributed by atoms with Gasteiger partial charge in [-0.25, -0.2) is 4.98 Å². The molecule has 0 spiro atoms. The normalized spacial score (nSPS) is 13.4. The average Bonchev–Trinajstić information content (AvgIpc) is 3.16. The first-order chi connectivity index (χ1) is 10.8. The number of carbonyl (C=O) groups is 1. The number of amides is 1. The monoisotopic (exact) mass is 349 g/mol. The van der Waals surface area contributed by atoms with Crippen LogP contribution in [-0.4, -0.2) is 27.6 Å². The third-order valence-electron chi connectivity index (χ3n) is 3.76. The number of fused-ring (bicyclic) bond motifs is 2. The maximum Gasteiger partial charge on any atom is 0.272 e. The molecule has 2 aromatic heterocycles. The van der Waals surface area contributed by atoms with E-state index in [0.29, 0.717) is 18.8 Å². The Hall–Kier alpha value is -1.96. The third kappa shape index (κ3) is 3.08. The molecule has 3 aromatic rings. The average molecular weight is 350 g/mol. The summed E-state index contributed by atoms with van der Waals surface area (Å²) in [5.41, 5.74) is 3.50. The number of rotatable bonds is 3. The number of aromatic amines is 1. The lowest BCUT2D eigenvalue weighted by molar-refractivity contribution is 0.0944. The van der Waals surface area contributed by atoms with E-state index in [1.54, 1.807) is 11.3 Å². The molecule has 0 saturated carbocycles. The van der Waals surface area contributed by atoms with Crippen LogP contribution in [0, 0.1) is 0 Å². The van der Waals surface area contributed by atoms with Crippen molar-refractivity contribution in [3.05, 3.63) is 46.2 Å². The standard InChI is InChI=1S/C15H15N5OS.ClH/c21-15(14-9-7-16-6-5-10(9)19-20-14)17-8-13-18-11-3-1-2-4-12(11)22-13;/h1-4,16H,5-8H2,(H,17,21)(H,19,20);1H. The van der Waals surface area contributed by atoms with E-state index in [1.807, 2.05) is 24.3 Å². The van der Waals surface area contributed by atoms with Crippen LogP contribution in [-0.2, 0) is 19.5 Å². The SMILES string of the molecule is Cl.O=C(NCc1nc2ccccc2s1)c1n[nH]c2c1CNCC2. The molecule has 0 fully saturated rings. The predicted molar refractivity (Wildman–Crippen MR) is 92.0 cm³/mol. The lowest BCUT2D eigenvalue weighted by Crippen LogP contribution is -2.28. The number of hydrogen-bond acceptors (Lipinski definition) is 5. The van der Waals surface area contributed by atoms with Crippen LogP contribution in [0.5, 0.6) is 0 Å². The topological polar surface area (TPSA) is 82.7 Å². The van der Waals surface area contributed by atoms with E-state index >= 15 is 0 Å². The minimum Gasteiger partial charge on any atom is -0.344 e. The number of H-pyrrole nitrogens is 1. The van der Waals surface area contributed by atoms with Crippen molar-refractivity contribution in [2.75, 3.05) is 6.54 Å². The Bertz CT molecular complexity index is 810. The van der Waals surface area contributed by atoms with Gasteiger partial charge in [-0.3, -0.25) is 9.89 Å². The number of para-hydroxylation sites is 1. The molecule has 6 nitrogen and oxygen atoms in total. The van der Waals surface area contributed by atoms with Gasteiger partial charge in [0.25, 0.3) is 5.91 Å². The molecule has 3 N–H and O–H groups in total. The number of nitrogens with zero attached hydrogens (tertiary/aromatic N) is 2. The first kappa shape index (κ1) is 15.9. The number of halogens is 1. The fourth-order valence-electron chi connectivity index (χ4n) is 2.65. The molecule has 23 heavy (non-hydrogen) atoms. The fourth-order valence-corrected chi connectivity index (χ4v) is 3.56. The molecular formula is C15H16ClN5OS. The van der Waals surface area contributed by atoms with Gasteiger partial charge in [0.2, 0.25) is 0 Å². The smallest absolute Gasteiger partial charge is 0.272 e. The van der Waals surface area contributed by atoms with Gasteiger partial charge in [-0.2, -0.15) is 5.10 Å². The second-order valence-electron chi connectivity index (χ2n) is 5.21. The summed E-state index contributed by atoms with van der Waals surface area (Å²) < 4.78 is 1.13. The molecule has 0 unspecified atom stereocenters. The maximum atomic E-state index is 12.3. The van der Waals surface area contributed by atoms with Crippen molar-refractivity contribution >= 4 is 39.9 Å². The molecule has 8 heteroatoms. The van der Waals surface area contributed by atoms with Crippen molar-refractivity contribution in [1.29, 1.82) is 0 Å². The molecule has 1 aliphatic heterocycles. The molecule has 0 aliphatic carbocycles. The molecule has 1 aromatic carbocycles. The Morgan fingerprint density at radius 2 is 2.22 bits per heavy atom. The van der Waals surface area contributed by atoms with E-state index in [-0.39, 0.29) is 18.3 Å². The van der Waals surface area contributed by atoms with Crippen LogP contribution in [0.15, 0.2) is 24.3 Å². The maximum absolute atomic E-state index is 12.3. The second kappa shape index (κ2) is 6.66. The van der Waals surface area contributed by atoms with Gasteiger partial charge >= 0.3 is 0 Å². The summed E-state index contributed by atoms with van der Waals surface area (Å²) in [6.07, 6.45) is 0.882. The highest BCUT2D eigenvalue weighted by molar-refractivity contribution is 7.18. The minimum atomic E-state index is -0.152. The summed E-state index contributed by atoms with van der Waals surface area (Å²) in [6, 6.07) is 7.97. The van der Waals surface area contributed by atoms with E-state index < -0.39 is 0 Å². The van der Waals surface area contributed by atoms with Gasteiger partial charge in [-0.1, -0.05) is 12.1 Å². The molecule has 0 radical (unpaired) electrons. The molecule has 120 valence electrons. The van der Waals surface area contributed by atoms with Crippen LogP contribution in [0.2, 0.25) is 0 Å². The zero-order chi connectivity index (χ0) is 14.9. The third-order valence-corrected chi connectivity index (χ3v) is 4.80. The van der Waals surface area contributed by atoms with Crippen molar-refractivity contribution in [2.24, 2.45) is 0 Å². The van der Waals surface area contributed by atoms with E-state index in [4.69, 9.17) is 0 Å². The van der Waals surface area contributed by atoms with Crippen LogP contribution in [0.3, 0.4) is 0 Å². The number of carbonyl (C=O) groups excluding carboxylic acids is 1. The summed E-state index contributed by atoms with van der Waals surface area (Å²) in [5, 5.41) is 14.2. The van der Waals surface area contributed by atoms with Gasteiger partial charge in [0.15, 0.2) is 5.69 Å². The Labute approximate surface area is 143 Å². The van der Waals surface area contributed by atoms with Gasteiger partial charge in [-0.15, -0.1) is 23.7 Å². The molecule has 0 bridgehead atoms. The zero-order valence-electron chi connectivity index (χ0n) is 12.3. The van der Waals surface area contributed by atoms with Crippen molar-refractivity contribution in [2.45, 2.75) is 19.5 Å². The molecule has 0 saturated heterocycles. The van der Waals surface area contributed by atoms with Crippen molar-refractivity contribution < 1.29 is 4.79 Å². The van der Waals surface area contributed by atoms with Crippen molar-refractivity contribution in [3.8, 4) is 0 Å². The fraction of sp³-hybridized carbons (Fsp3) is 0.267. The summed E-state index contributed by atoms with van der Waals surface area (Å²) >= 11 is 1.60. The van der Waals surface area contributed by atoms with Gasteiger partial charge in [0.05, 0.1) is 16.8 Å². The van der Waals surface area contributed by atoms with E-state index in [9.17, 15) is 4.79 Å². The first-order valence-electron chi connectivity index (χ1n) is 7.21. The number of hydrogen-bond donors (Lipinski definition) is 3. The predicted octanol–water partition coefficient (Wildman–Crippen LogP) is 2.02. The number of thiazole rings is 1. The Balaban J connectivity index is 0.00000156. The molecule has 3 heterocycles. The van der Waals surface area contributed by atoms with Gasteiger partial charge in [0, 0.05) is 30.8 Å². The Kier molecular flexibility index (Phi) is 4.61. The van der Waals surface area contributed by atoms with E-state index in [2.05, 4.69) is 25.8 Å². The number of aromatic nitrogens is 3. The number of nitrogens with one attached hydrogen (secondary N) is 3. The minimum absolute atomic E-state index is 0. The van der Waals surface area contributed by atoms with Crippen LogP contribution in [0.4, 0.5) is 0 Å². The van der Waals surface area contributed by atoms with Crippen molar-refractivity contribution in [1.82, 2.24) is 25.8 Å². The van der Waals surface area contributed by atoms with Gasteiger partial charge < -0.3 is 10.6 Å². The Morgan fingerprint density at radius 1 is 1.35 bits per heavy atom. The quantitative estimate of drug-likeness (QED) is 0.675. The summed E-state index contributed by atoms with van der Waals surface area (Å²) in [5.74, 6) is -0.152. The lowest BCUT2D eigenvalue weighted by atomic mass is 10.1. The summed E-state index contributed by atoms with van der Waals surface area (Å²) in [6.45, 7) is 2.03. The molecule has 0 atom stereocenters. The highest BCUT2D eigenvalue weighted by Gasteiger charge is 2.21. The molecule has 4 rings (SSSR count). The highest BCUT2D eigenvalue weighted by atomic mass is 35.5. The lowest BCUT2D eigenvalue weighted by Gasteiger charge is -2.12. The van der Waals surface area contributed by atoms with E-state index in [0.717, 1.165) is 39.4 Å². The Morgan fingerprint density at radius 3 is 3.09 bits per heavy atom. The largest absolute Gasteiger partial charge is 0.344 e. The summed E-state index contributed by atoms with van der Waals surface area (Å²) in [4.78, 5) is 16.8. The summed E-state index contributed by atoms with van der Waals surface area (Å²) in [7, 11) is 0. The molecular weight excluding hydrogens is 334 g/mol. The molecule has 1 amide bonds.